The minimum atomic E-state index is 0.363. The summed E-state index contributed by atoms with van der Waals surface area (Å²) in [5.41, 5.74) is 1.94. The number of hydrogen-bond acceptors (Lipinski definition) is 6. The second-order valence-electron chi connectivity index (χ2n) is 7.16. The Labute approximate surface area is 155 Å². The lowest BCUT2D eigenvalue weighted by Gasteiger charge is -2.20. The standard InChI is InChI=1S/C17H21ClN8/c1-2-26-8-10(5-21-26)22-16-24-14-13(11(18)6-20-14)15(25-16)23-12-7-19-9-17(12)3-4-17/h5-6,8,12,19H,2-4,7,9H2,1H3,(H3,20,22,23,24,25). The monoisotopic (exact) mass is 372 g/mol. The van der Waals surface area contributed by atoms with Gasteiger partial charge in [-0.2, -0.15) is 15.1 Å². The van der Waals surface area contributed by atoms with Crippen molar-refractivity contribution in [3.63, 3.8) is 0 Å². The molecule has 2 aliphatic rings. The van der Waals surface area contributed by atoms with E-state index in [9.17, 15) is 0 Å². The van der Waals surface area contributed by atoms with Gasteiger partial charge in [-0.1, -0.05) is 11.6 Å². The molecule has 0 amide bonds. The molecule has 3 aromatic heterocycles. The normalized spacial score (nSPS) is 20.8. The third-order valence-electron chi connectivity index (χ3n) is 5.46. The molecule has 1 saturated heterocycles. The molecule has 1 spiro atoms. The van der Waals surface area contributed by atoms with Crippen molar-refractivity contribution in [2.75, 3.05) is 23.7 Å². The highest BCUT2D eigenvalue weighted by Gasteiger charge is 2.52. The van der Waals surface area contributed by atoms with Crippen molar-refractivity contribution in [3.05, 3.63) is 23.6 Å². The molecule has 1 saturated carbocycles. The minimum absolute atomic E-state index is 0.363. The van der Waals surface area contributed by atoms with Crippen LogP contribution in [0.25, 0.3) is 11.0 Å². The molecule has 8 nitrogen and oxygen atoms in total. The summed E-state index contributed by atoms with van der Waals surface area (Å²) in [5.74, 6) is 1.29. The van der Waals surface area contributed by atoms with Gasteiger partial charge in [0.25, 0.3) is 0 Å². The smallest absolute Gasteiger partial charge is 0.231 e. The molecule has 5 rings (SSSR count). The van der Waals surface area contributed by atoms with Gasteiger partial charge >= 0.3 is 0 Å². The van der Waals surface area contributed by atoms with Crippen LogP contribution in [0.2, 0.25) is 5.02 Å². The molecule has 2 fully saturated rings. The van der Waals surface area contributed by atoms with Crippen molar-refractivity contribution in [1.82, 2.24) is 30.0 Å². The number of aromatic nitrogens is 5. The van der Waals surface area contributed by atoms with Crippen molar-refractivity contribution in [2.45, 2.75) is 32.4 Å². The first kappa shape index (κ1) is 15.9. The summed E-state index contributed by atoms with van der Waals surface area (Å²) in [5, 5.41) is 16.1. The van der Waals surface area contributed by atoms with E-state index in [2.05, 4.69) is 31.0 Å². The molecular formula is C17H21ClN8. The van der Waals surface area contributed by atoms with Crippen LogP contribution in [0.3, 0.4) is 0 Å². The van der Waals surface area contributed by atoms with Gasteiger partial charge in [0.2, 0.25) is 5.95 Å². The zero-order valence-corrected chi connectivity index (χ0v) is 15.3. The average molecular weight is 373 g/mol. The second kappa shape index (κ2) is 5.85. The van der Waals surface area contributed by atoms with Crippen LogP contribution in [0.4, 0.5) is 17.5 Å². The van der Waals surface area contributed by atoms with E-state index in [4.69, 9.17) is 16.6 Å². The topological polar surface area (TPSA) is 95.5 Å². The molecule has 26 heavy (non-hydrogen) atoms. The van der Waals surface area contributed by atoms with E-state index in [0.717, 1.165) is 36.5 Å². The van der Waals surface area contributed by atoms with Gasteiger partial charge < -0.3 is 20.9 Å². The van der Waals surface area contributed by atoms with Gasteiger partial charge in [0.15, 0.2) is 0 Å². The molecule has 1 aliphatic heterocycles. The Hall–Kier alpha value is -2.32. The number of rotatable bonds is 5. The zero-order chi connectivity index (χ0) is 17.7. The summed E-state index contributed by atoms with van der Waals surface area (Å²) in [6, 6.07) is 0.363. The first-order chi connectivity index (χ1) is 12.7. The fraction of sp³-hybridized carbons (Fsp3) is 0.471. The van der Waals surface area contributed by atoms with E-state index in [-0.39, 0.29) is 0 Å². The highest BCUT2D eigenvalue weighted by Crippen LogP contribution is 2.51. The highest BCUT2D eigenvalue weighted by molar-refractivity contribution is 6.36. The van der Waals surface area contributed by atoms with Gasteiger partial charge in [0, 0.05) is 43.5 Å². The molecule has 4 heterocycles. The van der Waals surface area contributed by atoms with Crippen LogP contribution in [0.1, 0.15) is 19.8 Å². The van der Waals surface area contributed by atoms with Gasteiger partial charge in [-0.05, 0) is 19.8 Å². The number of nitrogens with zero attached hydrogens (tertiary/aromatic N) is 4. The van der Waals surface area contributed by atoms with E-state index < -0.39 is 0 Å². The quantitative estimate of drug-likeness (QED) is 0.550. The van der Waals surface area contributed by atoms with Crippen molar-refractivity contribution in [2.24, 2.45) is 5.41 Å². The molecule has 0 radical (unpaired) electrons. The molecule has 3 aromatic rings. The molecule has 1 unspecified atom stereocenters. The molecule has 136 valence electrons. The van der Waals surface area contributed by atoms with E-state index in [1.165, 1.54) is 12.8 Å². The largest absolute Gasteiger partial charge is 0.365 e. The second-order valence-corrected chi connectivity index (χ2v) is 7.56. The molecular weight excluding hydrogens is 352 g/mol. The third kappa shape index (κ3) is 2.60. The van der Waals surface area contributed by atoms with Crippen LogP contribution in [0.5, 0.6) is 0 Å². The fourth-order valence-electron chi connectivity index (χ4n) is 3.75. The lowest BCUT2D eigenvalue weighted by Crippen LogP contribution is -2.30. The van der Waals surface area contributed by atoms with Gasteiger partial charge in [-0.3, -0.25) is 4.68 Å². The first-order valence-electron chi connectivity index (χ1n) is 8.98. The Kier molecular flexibility index (Phi) is 3.58. The van der Waals surface area contributed by atoms with Gasteiger partial charge in [0.05, 0.1) is 22.3 Å². The maximum absolute atomic E-state index is 6.38. The summed E-state index contributed by atoms with van der Waals surface area (Å²) in [6.07, 6.45) is 7.97. The number of fused-ring (bicyclic) bond motifs is 1. The van der Waals surface area contributed by atoms with Crippen LogP contribution in [0, 0.1) is 5.41 Å². The van der Waals surface area contributed by atoms with E-state index in [1.807, 2.05) is 17.8 Å². The third-order valence-corrected chi connectivity index (χ3v) is 5.76. The zero-order valence-electron chi connectivity index (χ0n) is 14.5. The minimum Gasteiger partial charge on any atom is -0.365 e. The molecule has 4 N–H and O–H groups in total. The van der Waals surface area contributed by atoms with Crippen LogP contribution in [0.15, 0.2) is 18.6 Å². The predicted octanol–water partition coefficient (Wildman–Crippen LogP) is 2.74. The molecule has 9 heteroatoms. The first-order valence-corrected chi connectivity index (χ1v) is 9.36. The Morgan fingerprint density at radius 3 is 3.04 bits per heavy atom. The summed E-state index contributed by atoms with van der Waals surface area (Å²) in [7, 11) is 0. The lowest BCUT2D eigenvalue weighted by molar-refractivity contribution is 0.523. The Balaban J connectivity index is 1.49. The Morgan fingerprint density at radius 1 is 1.38 bits per heavy atom. The van der Waals surface area contributed by atoms with Crippen LogP contribution in [-0.4, -0.2) is 43.9 Å². The van der Waals surface area contributed by atoms with Gasteiger partial charge in [0.1, 0.15) is 11.5 Å². The average Bonchev–Trinajstić information content (AvgIpc) is 2.92. The Morgan fingerprint density at radius 2 is 2.27 bits per heavy atom. The summed E-state index contributed by atoms with van der Waals surface area (Å²) < 4.78 is 1.85. The molecule has 1 aliphatic carbocycles. The number of H-pyrrole nitrogens is 1. The SMILES string of the molecule is CCn1cc(Nc2nc(NC3CNCC34CC4)c3c(Cl)c[nH]c3n2)cn1. The number of aryl methyl sites for hydroxylation is 1. The van der Waals surface area contributed by atoms with Crippen molar-refractivity contribution in [1.29, 1.82) is 0 Å². The molecule has 0 aromatic carbocycles. The van der Waals surface area contributed by atoms with Crippen LogP contribution < -0.4 is 16.0 Å². The van der Waals surface area contributed by atoms with Crippen LogP contribution in [-0.2, 0) is 6.54 Å². The molecule has 1 atom stereocenters. The number of nitrogens with one attached hydrogen (secondary N) is 4. The van der Waals surface area contributed by atoms with Crippen molar-refractivity contribution >= 4 is 40.1 Å². The lowest BCUT2D eigenvalue weighted by atomic mass is 10.0. The number of halogens is 1. The van der Waals surface area contributed by atoms with Crippen molar-refractivity contribution < 1.29 is 0 Å². The Bertz CT molecular complexity index is 957. The van der Waals surface area contributed by atoms with E-state index in [1.54, 1.807) is 12.4 Å². The number of anilines is 3. The summed E-state index contributed by atoms with van der Waals surface area (Å²) in [6.45, 7) is 4.88. The van der Waals surface area contributed by atoms with Crippen LogP contribution >= 0.6 is 11.6 Å². The maximum atomic E-state index is 6.38. The van der Waals surface area contributed by atoms with E-state index in [0.29, 0.717) is 28.1 Å². The molecule has 0 bridgehead atoms. The number of aromatic amines is 1. The maximum Gasteiger partial charge on any atom is 0.231 e. The van der Waals surface area contributed by atoms with Crippen molar-refractivity contribution in [3.8, 4) is 0 Å². The van der Waals surface area contributed by atoms with Gasteiger partial charge in [-0.25, -0.2) is 0 Å². The van der Waals surface area contributed by atoms with E-state index >= 15 is 0 Å². The number of hydrogen-bond donors (Lipinski definition) is 4. The summed E-state index contributed by atoms with van der Waals surface area (Å²) >= 11 is 6.38. The highest BCUT2D eigenvalue weighted by atomic mass is 35.5. The van der Waals surface area contributed by atoms with Gasteiger partial charge in [-0.15, -0.1) is 0 Å². The fourth-order valence-corrected chi connectivity index (χ4v) is 3.98. The summed E-state index contributed by atoms with van der Waals surface area (Å²) in [4.78, 5) is 12.4. The predicted molar refractivity (Wildman–Crippen MR) is 102 cm³/mol.